The number of benzene rings is 1. The smallest absolute Gasteiger partial charge is 0.319 e. The molecule has 1 aromatic rings. The number of ether oxygens (including phenoxy) is 1. The molecule has 0 unspecified atom stereocenters. The summed E-state index contributed by atoms with van der Waals surface area (Å²) in [6.45, 7) is 1.77. The van der Waals surface area contributed by atoms with E-state index in [1.54, 1.807) is 24.3 Å². The molecule has 0 heterocycles. The zero-order valence-electron chi connectivity index (χ0n) is 12.4. The molecule has 1 rings (SSSR count). The van der Waals surface area contributed by atoms with Gasteiger partial charge in [-0.2, -0.15) is 0 Å². The third-order valence-corrected chi connectivity index (χ3v) is 2.71. The topological polar surface area (TPSA) is 105 Å². The number of rotatable bonds is 8. The van der Waals surface area contributed by atoms with Crippen molar-refractivity contribution in [1.29, 1.82) is 0 Å². The van der Waals surface area contributed by atoms with Gasteiger partial charge in [0.2, 0.25) is 0 Å². The molecular weight excluding hydrogens is 288 g/mol. The van der Waals surface area contributed by atoms with Crippen LogP contribution in [0.1, 0.15) is 32.6 Å². The van der Waals surface area contributed by atoms with Crippen LogP contribution in [0.4, 0.5) is 10.5 Å². The Morgan fingerprint density at radius 1 is 1.18 bits per heavy atom. The number of urea groups is 1. The number of esters is 1. The molecule has 1 aromatic carbocycles. The van der Waals surface area contributed by atoms with Gasteiger partial charge in [0.1, 0.15) is 5.75 Å². The van der Waals surface area contributed by atoms with Gasteiger partial charge >= 0.3 is 18.0 Å². The van der Waals surface area contributed by atoms with Gasteiger partial charge in [-0.3, -0.25) is 9.59 Å². The normalized spacial score (nSPS) is 9.86. The number of anilines is 1. The van der Waals surface area contributed by atoms with Crippen LogP contribution in [0.5, 0.6) is 5.75 Å². The van der Waals surface area contributed by atoms with Crippen LogP contribution >= 0.6 is 0 Å². The van der Waals surface area contributed by atoms with E-state index < -0.39 is 11.9 Å². The Balaban J connectivity index is 2.27. The minimum Gasteiger partial charge on any atom is -0.481 e. The zero-order chi connectivity index (χ0) is 16.4. The summed E-state index contributed by atoms with van der Waals surface area (Å²) in [6, 6.07) is 6.15. The molecule has 0 aliphatic heterocycles. The summed E-state index contributed by atoms with van der Waals surface area (Å²) in [7, 11) is 0. The van der Waals surface area contributed by atoms with Crippen LogP contribution in [-0.2, 0) is 9.59 Å². The Kier molecular flexibility index (Phi) is 7.45. The summed E-state index contributed by atoms with van der Waals surface area (Å²) in [4.78, 5) is 32.8. The average Bonchev–Trinajstić information content (AvgIpc) is 2.42. The second-order valence-corrected chi connectivity index (χ2v) is 4.71. The van der Waals surface area contributed by atoms with E-state index in [1.165, 1.54) is 6.92 Å². The molecule has 0 spiro atoms. The number of carboxylic acid groups (broad SMARTS) is 1. The third kappa shape index (κ3) is 7.88. The van der Waals surface area contributed by atoms with E-state index in [9.17, 15) is 14.4 Å². The first-order valence-corrected chi connectivity index (χ1v) is 7.02. The van der Waals surface area contributed by atoms with Crippen LogP contribution in [0.15, 0.2) is 24.3 Å². The number of amides is 2. The van der Waals surface area contributed by atoms with Crippen molar-refractivity contribution in [2.75, 3.05) is 11.9 Å². The molecule has 0 radical (unpaired) electrons. The summed E-state index contributed by atoms with van der Waals surface area (Å²) in [6.07, 6.45) is 2.21. The molecule has 7 heteroatoms. The van der Waals surface area contributed by atoms with Gasteiger partial charge in [0.25, 0.3) is 0 Å². The van der Waals surface area contributed by atoms with Crippen molar-refractivity contribution in [3.63, 3.8) is 0 Å². The first kappa shape index (κ1) is 17.5. The lowest BCUT2D eigenvalue weighted by Gasteiger charge is -2.08. The number of hydrogen-bond donors (Lipinski definition) is 3. The number of aliphatic carboxylic acids is 1. The molecule has 120 valence electrons. The fourth-order valence-electron chi connectivity index (χ4n) is 1.76. The van der Waals surface area contributed by atoms with Crippen molar-refractivity contribution in [1.82, 2.24) is 5.32 Å². The van der Waals surface area contributed by atoms with Crippen molar-refractivity contribution in [3.8, 4) is 5.75 Å². The zero-order valence-corrected chi connectivity index (χ0v) is 12.4. The first-order chi connectivity index (χ1) is 10.5. The average molecular weight is 308 g/mol. The van der Waals surface area contributed by atoms with Crippen LogP contribution in [0, 0.1) is 0 Å². The minimum absolute atomic E-state index is 0.148. The number of carboxylic acids is 1. The fourth-order valence-corrected chi connectivity index (χ4v) is 1.76. The highest BCUT2D eigenvalue weighted by molar-refractivity contribution is 5.89. The quantitative estimate of drug-likeness (QED) is 0.388. The van der Waals surface area contributed by atoms with Gasteiger partial charge in [0.05, 0.1) is 0 Å². The summed E-state index contributed by atoms with van der Waals surface area (Å²) < 4.78 is 4.92. The molecule has 0 saturated heterocycles. The van der Waals surface area contributed by atoms with Gasteiger partial charge < -0.3 is 20.5 Å². The van der Waals surface area contributed by atoms with Crippen LogP contribution in [0.3, 0.4) is 0 Å². The van der Waals surface area contributed by atoms with E-state index >= 15 is 0 Å². The molecule has 0 fully saturated rings. The largest absolute Gasteiger partial charge is 0.481 e. The van der Waals surface area contributed by atoms with Gasteiger partial charge in [-0.1, -0.05) is 12.5 Å². The summed E-state index contributed by atoms with van der Waals surface area (Å²) >= 11 is 0. The lowest BCUT2D eigenvalue weighted by molar-refractivity contribution is -0.137. The molecule has 0 aliphatic carbocycles. The molecule has 3 N–H and O–H groups in total. The van der Waals surface area contributed by atoms with Crippen LogP contribution in [0.2, 0.25) is 0 Å². The number of nitrogens with one attached hydrogen (secondary N) is 2. The lowest BCUT2D eigenvalue weighted by Crippen LogP contribution is -2.29. The van der Waals surface area contributed by atoms with Crippen molar-refractivity contribution < 1.29 is 24.2 Å². The van der Waals surface area contributed by atoms with E-state index in [2.05, 4.69) is 10.6 Å². The van der Waals surface area contributed by atoms with Crippen molar-refractivity contribution >= 4 is 23.7 Å². The van der Waals surface area contributed by atoms with Gasteiger partial charge in [-0.25, -0.2) is 4.79 Å². The second-order valence-electron chi connectivity index (χ2n) is 4.71. The van der Waals surface area contributed by atoms with Gasteiger partial charge in [-0.05, 0) is 25.0 Å². The van der Waals surface area contributed by atoms with Crippen LogP contribution < -0.4 is 15.4 Å². The fraction of sp³-hybridized carbons (Fsp3) is 0.400. The highest BCUT2D eigenvalue weighted by Gasteiger charge is 2.04. The van der Waals surface area contributed by atoms with Crippen molar-refractivity contribution in [2.24, 2.45) is 0 Å². The van der Waals surface area contributed by atoms with E-state index in [-0.39, 0.29) is 12.5 Å². The SMILES string of the molecule is CC(=O)Oc1cccc(NC(=O)NCCCCCC(=O)O)c1. The summed E-state index contributed by atoms with van der Waals surface area (Å²) in [5, 5.41) is 13.8. The Morgan fingerprint density at radius 2 is 1.95 bits per heavy atom. The first-order valence-electron chi connectivity index (χ1n) is 7.02. The number of carbonyl (C=O) groups excluding carboxylic acids is 2. The summed E-state index contributed by atoms with van der Waals surface area (Å²) in [5.74, 6) is -0.875. The molecule has 0 saturated carbocycles. The second kappa shape index (κ2) is 9.38. The Morgan fingerprint density at radius 3 is 2.64 bits per heavy atom. The summed E-state index contributed by atoms with van der Waals surface area (Å²) in [5.41, 5.74) is 0.516. The molecule has 0 aliphatic rings. The van der Waals surface area contributed by atoms with E-state index in [4.69, 9.17) is 9.84 Å². The molecule has 0 aromatic heterocycles. The van der Waals surface area contributed by atoms with Gasteiger partial charge in [0.15, 0.2) is 0 Å². The van der Waals surface area contributed by atoms with Crippen LogP contribution in [-0.4, -0.2) is 29.6 Å². The van der Waals surface area contributed by atoms with Gasteiger partial charge in [-0.15, -0.1) is 0 Å². The van der Waals surface area contributed by atoms with E-state index in [0.717, 1.165) is 6.42 Å². The van der Waals surface area contributed by atoms with Crippen LogP contribution in [0.25, 0.3) is 0 Å². The minimum atomic E-state index is -0.807. The Labute approximate surface area is 128 Å². The van der Waals surface area contributed by atoms with Gasteiger partial charge in [0, 0.05) is 31.6 Å². The van der Waals surface area contributed by atoms with E-state index in [1.807, 2.05) is 0 Å². The standard InChI is InChI=1S/C15H20N2O5/c1-11(18)22-13-7-5-6-12(10-13)17-15(21)16-9-4-2-3-8-14(19)20/h5-7,10H,2-4,8-9H2,1H3,(H,19,20)(H2,16,17,21). The molecule has 22 heavy (non-hydrogen) atoms. The molecule has 0 atom stereocenters. The molecule has 0 bridgehead atoms. The Hall–Kier alpha value is -2.57. The predicted octanol–water partition coefficient (Wildman–Crippen LogP) is 2.38. The highest BCUT2D eigenvalue weighted by atomic mass is 16.5. The number of hydrogen-bond acceptors (Lipinski definition) is 4. The number of carbonyl (C=O) groups is 3. The lowest BCUT2D eigenvalue weighted by atomic mass is 10.2. The highest BCUT2D eigenvalue weighted by Crippen LogP contribution is 2.17. The molecule has 2 amide bonds. The third-order valence-electron chi connectivity index (χ3n) is 2.71. The maximum Gasteiger partial charge on any atom is 0.319 e. The van der Waals surface area contributed by atoms with E-state index in [0.29, 0.717) is 30.8 Å². The molecule has 7 nitrogen and oxygen atoms in total. The monoisotopic (exact) mass is 308 g/mol. The predicted molar refractivity (Wildman–Crippen MR) is 80.9 cm³/mol. The maximum absolute atomic E-state index is 11.7. The Bertz CT molecular complexity index is 530. The maximum atomic E-state index is 11.7. The van der Waals surface area contributed by atoms with Crippen molar-refractivity contribution in [2.45, 2.75) is 32.6 Å². The van der Waals surface area contributed by atoms with Crippen molar-refractivity contribution in [3.05, 3.63) is 24.3 Å². The number of unbranched alkanes of at least 4 members (excludes halogenated alkanes) is 2. The molecular formula is C15H20N2O5.